The molecule has 1 saturated carbocycles. The SMILES string of the molecule is O=C(CCCc1nc2ccccc2o1)N1CCCC2CCCCC21. The first-order valence-electron chi connectivity index (χ1n) is 9.45. The third-order valence-corrected chi connectivity index (χ3v) is 5.68. The molecular weight excluding hydrogens is 300 g/mol. The van der Waals surface area contributed by atoms with Gasteiger partial charge in [-0.1, -0.05) is 25.0 Å². The fourth-order valence-corrected chi connectivity index (χ4v) is 4.50. The predicted octanol–water partition coefficient (Wildman–Crippen LogP) is 4.33. The molecule has 24 heavy (non-hydrogen) atoms. The molecule has 2 atom stereocenters. The predicted molar refractivity (Wildman–Crippen MR) is 93.6 cm³/mol. The second kappa shape index (κ2) is 6.96. The Bertz CT molecular complexity index is 673. The zero-order valence-electron chi connectivity index (χ0n) is 14.2. The Balaban J connectivity index is 1.32. The van der Waals surface area contributed by atoms with Gasteiger partial charge in [0.15, 0.2) is 11.5 Å². The second-order valence-corrected chi connectivity index (χ2v) is 7.27. The van der Waals surface area contributed by atoms with Crippen molar-refractivity contribution in [2.45, 2.75) is 63.8 Å². The van der Waals surface area contributed by atoms with E-state index in [1.165, 1.54) is 38.5 Å². The van der Waals surface area contributed by atoms with Crippen LogP contribution in [0, 0.1) is 5.92 Å². The molecule has 0 bridgehead atoms. The van der Waals surface area contributed by atoms with Crippen molar-refractivity contribution in [2.24, 2.45) is 5.92 Å². The van der Waals surface area contributed by atoms with Gasteiger partial charge in [-0.15, -0.1) is 0 Å². The maximum atomic E-state index is 12.7. The largest absolute Gasteiger partial charge is 0.441 e. The number of likely N-dealkylation sites (tertiary alicyclic amines) is 1. The highest BCUT2D eigenvalue weighted by Crippen LogP contribution is 2.35. The molecule has 2 aromatic rings. The topological polar surface area (TPSA) is 46.3 Å². The molecule has 1 aliphatic carbocycles. The zero-order valence-corrected chi connectivity index (χ0v) is 14.2. The quantitative estimate of drug-likeness (QED) is 0.840. The van der Waals surface area contributed by atoms with Crippen molar-refractivity contribution >= 4 is 17.0 Å². The number of nitrogens with zero attached hydrogens (tertiary/aromatic N) is 2. The number of piperidine rings is 1. The average Bonchev–Trinajstić information content (AvgIpc) is 3.04. The summed E-state index contributed by atoms with van der Waals surface area (Å²) < 4.78 is 5.75. The van der Waals surface area contributed by atoms with Gasteiger partial charge in [-0.25, -0.2) is 4.98 Å². The minimum Gasteiger partial charge on any atom is -0.441 e. The van der Waals surface area contributed by atoms with Crippen molar-refractivity contribution in [1.82, 2.24) is 9.88 Å². The van der Waals surface area contributed by atoms with Gasteiger partial charge in [0.1, 0.15) is 5.52 Å². The van der Waals surface area contributed by atoms with E-state index in [0.29, 0.717) is 18.4 Å². The number of carbonyl (C=O) groups is 1. The van der Waals surface area contributed by atoms with Gasteiger partial charge in [0.25, 0.3) is 0 Å². The molecule has 1 aromatic heterocycles. The number of hydrogen-bond acceptors (Lipinski definition) is 3. The second-order valence-electron chi connectivity index (χ2n) is 7.27. The lowest BCUT2D eigenvalue weighted by Crippen LogP contribution is -2.49. The van der Waals surface area contributed by atoms with E-state index in [0.717, 1.165) is 42.3 Å². The molecule has 4 heteroatoms. The number of oxazole rings is 1. The van der Waals surface area contributed by atoms with Crippen LogP contribution in [0.4, 0.5) is 0 Å². The molecule has 2 aliphatic rings. The minimum absolute atomic E-state index is 0.336. The Morgan fingerprint density at radius 3 is 2.92 bits per heavy atom. The molecule has 2 fully saturated rings. The molecule has 1 aliphatic heterocycles. The molecule has 0 radical (unpaired) electrons. The number of hydrogen-bond donors (Lipinski definition) is 0. The van der Waals surface area contributed by atoms with E-state index >= 15 is 0 Å². The van der Waals surface area contributed by atoms with Crippen LogP contribution in [0.25, 0.3) is 11.1 Å². The molecule has 1 amide bonds. The van der Waals surface area contributed by atoms with E-state index in [4.69, 9.17) is 4.42 Å². The summed E-state index contributed by atoms with van der Waals surface area (Å²) in [6.45, 7) is 0.961. The fraction of sp³-hybridized carbons (Fsp3) is 0.600. The molecule has 1 saturated heterocycles. The van der Waals surface area contributed by atoms with Gasteiger partial charge < -0.3 is 9.32 Å². The summed E-state index contributed by atoms with van der Waals surface area (Å²) in [6, 6.07) is 8.34. The Hall–Kier alpha value is -1.84. The Morgan fingerprint density at radius 2 is 2.00 bits per heavy atom. The molecule has 4 rings (SSSR count). The standard InChI is InChI=1S/C20H26N2O2/c23-20(22-14-6-8-15-7-1-3-10-17(15)22)13-5-12-19-21-16-9-2-4-11-18(16)24-19/h2,4,9,11,15,17H,1,3,5-8,10,12-14H2. The lowest BCUT2D eigenvalue weighted by Gasteiger charge is -2.44. The maximum Gasteiger partial charge on any atom is 0.222 e. The van der Waals surface area contributed by atoms with E-state index in [-0.39, 0.29) is 0 Å². The summed E-state index contributed by atoms with van der Waals surface area (Å²) in [7, 11) is 0. The maximum absolute atomic E-state index is 12.7. The van der Waals surface area contributed by atoms with Crippen LogP contribution in [0.1, 0.15) is 57.3 Å². The van der Waals surface area contributed by atoms with Crippen LogP contribution < -0.4 is 0 Å². The van der Waals surface area contributed by atoms with Crippen LogP contribution in [0.15, 0.2) is 28.7 Å². The number of carbonyl (C=O) groups excluding carboxylic acids is 1. The van der Waals surface area contributed by atoms with Crippen LogP contribution in [0.5, 0.6) is 0 Å². The normalized spacial score (nSPS) is 24.1. The molecule has 128 valence electrons. The summed E-state index contributed by atoms with van der Waals surface area (Å²) >= 11 is 0. The van der Waals surface area contributed by atoms with Crippen LogP contribution in [0.2, 0.25) is 0 Å². The Kier molecular flexibility index (Phi) is 4.54. The van der Waals surface area contributed by atoms with Crippen molar-refractivity contribution < 1.29 is 9.21 Å². The Labute approximate surface area is 143 Å². The van der Waals surface area contributed by atoms with Crippen LogP contribution in [0.3, 0.4) is 0 Å². The molecule has 1 aromatic carbocycles. The van der Waals surface area contributed by atoms with Gasteiger partial charge in [-0.3, -0.25) is 4.79 Å². The first-order chi connectivity index (χ1) is 11.8. The van der Waals surface area contributed by atoms with Gasteiger partial charge in [0.05, 0.1) is 0 Å². The summed E-state index contributed by atoms with van der Waals surface area (Å²) in [4.78, 5) is 19.4. The number of amides is 1. The van der Waals surface area contributed by atoms with E-state index in [2.05, 4.69) is 9.88 Å². The molecule has 2 unspecified atom stereocenters. The first kappa shape index (κ1) is 15.7. The number of fused-ring (bicyclic) bond motifs is 2. The van der Waals surface area contributed by atoms with E-state index < -0.39 is 0 Å². The van der Waals surface area contributed by atoms with E-state index in [9.17, 15) is 4.79 Å². The fourth-order valence-electron chi connectivity index (χ4n) is 4.50. The van der Waals surface area contributed by atoms with Gasteiger partial charge in [-0.05, 0) is 50.2 Å². The summed E-state index contributed by atoms with van der Waals surface area (Å²) in [6.07, 6.45) is 9.83. The van der Waals surface area contributed by atoms with E-state index in [1.807, 2.05) is 24.3 Å². The van der Waals surface area contributed by atoms with Crippen LogP contribution in [-0.2, 0) is 11.2 Å². The number of aromatic nitrogens is 1. The van der Waals surface area contributed by atoms with Gasteiger partial charge in [-0.2, -0.15) is 0 Å². The third kappa shape index (κ3) is 3.19. The highest BCUT2D eigenvalue weighted by Gasteiger charge is 2.35. The zero-order chi connectivity index (χ0) is 16.4. The number of aryl methyl sites for hydroxylation is 1. The van der Waals surface area contributed by atoms with Crippen molar-refractivity contribution in [3.8, 4) is 0 Å². The van der Waals surface area contributed by atoms with E-state index in [1.54, 1.807) is 0 Å². The minimum atomic E-state index is 0.336. The van der Waals surface area contributed by atoms with Gasteiger partial charge in [0.2, 0.25) is 5.91 Å². The molecule has 4 nitrogen and oxygen atoms in total. The lowest BCUT2D eigenvalue weighted by molar-refractivity contribution is -0.137. The summed E-state index contributed by atoms with van der Waals surface area (Å²) in [5, 5.41) is 0. The molecule has 0 spiro atoms. The number of para-hydroxylation sites is 2. The third-order valence-electron chi connectivity index (χ3n) is 5.68. The summed E-state index contributed by atoms with van der Waals surface area (Å²) in [5.41, 5.74) is 1.74. The van der Waals surface area contributed by atoms with Crippen LogP contribution >= 0.6 is 0 Å². The van der Waals surface area contributed by atoms with Crippen molar-refractivity contribution in [1.29, 1.82) is 0 Å². The molecule has 2 heterocycles. The first-order valence-corrected chi connectivity index (χ1v) is 9.45. The highest BCUT2D eigenvalue weighted by molar-refractivity contribution is 5.76. The van der Waals surface area contributed by atoms with Crippen molar-refractivity contribution in [3.63, 3.8) is 0 Å². The smallest absolute Gasteiger partial charge is 0.222 e. The van der Waals surface area contributed by atoms with Crippen molar-refractivity contribution in [3.05, 3.63) is 30.2 Å². The molecule has 0 N–H and O–H groups in total. The number of rotatable bonds is 4. The average molecular weight is 326 g/mol. The van der Waals surface area contributed by atoms with Crippen molar-refractivity contribution in [2.75, 3.05) is 6.54 Å². The highest BCUT2D eigenvalue weighted by atomic mass is 16.3. The van der Waals surface area contributed by atoms with Gasteiger partial charge >= 0.3 is 0 Å². The summed E-state index contributed by atoms with van der Waals surface area (Å²) in [5.74, 6) is 1.84. The number of benzene rings is 1. The lowest BCUT2D eigenvalue weighted by atomic mass is 9.78. The van der Waals surface area contributed by atoms with Gasteiger partial charge in [0, 0.05) is 25.4 Å². The molecular formula is C20H26N2O2. The Morgan fingerprint density at radius 1 is 1.17 bits per heavy atom. The monoisotopic (exact) mass is 326 g/mol. The van der Waals surface area contributed by atoms with Crippen LogP contribution in [-0.4, -0.2) is 28.4 Å².